The van der Waals surface area contributed by atoms with Crippen LogP contribution in [0.3, 0.4) is 0 Å². The Kier molecular flexibility index (Phi) is 11.0. The molecule has 5 aromatic rings. The lowest BCUT2D eigenvalue weighted by Crippen LogP contribution is -2.38. The van der Waals surface area contributed by atoms with E-state index >= 15 is 0 Å². The number of nitrogens with one attached hydrogen (secondary N) is 4. The predicted molar refractivity (Wildman–Crippen MR) is 183 cm³/mol. The van der Waals surface area contributed by atoms with Crippen LogP contribution >= 0.6 is 0 Å². The fourth-order valence-electron chi connectivity index (χ4n) is 5.07. The van der Waals surface area contributed by atoms with E-state index in [1.165, 1.54) is 18.5 Å². The van der Waals surface area contributed by atoms with E-state index in [1.807, 2.05) is 0 Å². The number of ether oxygens (including phenoxy) is 1. The third-order valence-electron chi connectivity index (χ3n) is 7.42. The molecule has 18 nitrogen and oxygen atoms in total. The molecule has 0 saturated carbocycles. The first-order valence-electron chi connectivity index (χ1n) is 16.1. The van der Waals surface area contributed by atoms with Gasteiger partial charge < -0.3 is 35.3 Å². The Bertz CT molecular complexity index is 2340. The van der Waals surface area contributed by atoms with Crippen molar-refractivity contribution in [1.82, 2.24) is 45.0 Å². The summed E-state index contributed by atoms with van der Waals surface area (Å²) in [6, 6.07) is 9.31. The number of carboxylic acid groups (broad SMARTS) is 1. The highest BCUT2D eigenvalue weighted by Gasteiger charge is 2.35. The van der Waals surface area contributed by atoms with E-state index in [0.29, 0.717) is 34.0 Å². The molecule has 3 amide bonds. The lowest BCUT2D eigenvalue weighted by Gasteiger charge is -2.19. The quantitative estimate of drug-likeness (QED) is 0.0917. The summed E-state index contributed by atoms with van der Waals surface area (Å²) in [6.07, 6.45) is -2.40. The Morgan fingerprint density at radius 1 is 1.00 bits per heavy atom. The van der Waals surface area contributed by atoms with Crippen molar-refractivity contribution in [2.24, 2.45) is 0 Å². The molecule has 284 valence electrons. The van der Waals surface area contributed by atoms with Crippen molar-refractivity contribution in [2.45, 2.75) is 58.5 Å². The Hall–Kier alpha value is -6.80. The van der Waals surface area contributed by atoms with Gasteiger partial charge in [-0.1, -0.05) is 0 Å². The average molecular weight is 755 g/mol. The predicted octanol–water partition coefficient (Wildman–Crippen LogP) is 2.73. The van der Waals surface area contributed by atoms with Crippen molar-refractivity contribution < 1.29 is 42.2 Å². The highest BCUT2D eigenvalue weighted by molar-refractivity contribution is 5.91. The molecule has 0 aliphatic rings. The number of hydrogen-bond donors (Lipinski definition) is 5. The molecule has 0 saturated heterocycles. The molecule has 0 atom stereocenters. The monoisotopic (exact) mass is 754 g/mol. The van der Waals surface area contributed by atoms with Crippen molar-refractivity contribution in [2.75, 3.05) is 11.9 Å². The van der Waals surface area contributed by atoms with Gasteiger partial charge in [-0.05, 0) is 80.4 Å². The number of aromatic amines is 1. The van der Waals surface area contributed by atoms with Gasteiger partial charge in [0.1, 0.15) is 12.1 Å². The molecular formula is C33H33F3N10O8. The highest BCUT2D eigenvalue weighted by Crippen LogP contribution is 2.36. The minimum Gasteiger partial charge on any atom is -0.480 e. The van der Waals surface area contributed by atoms with Gasteiger partial charge in [-0.2, -0.15) is 13.2 Å². The standard InChI is InChI=1S/C33H33F3N10O8/c1-32(2,3)54-31(53)37-11-4-5-25(47)39-19-6-8-20(9-7-19)46-42-27(41-43-46)28(50)38-15-18-10-12-44(16-18)23-14-24-22(13-21(23)33(34,35)36)40-29(51)30(52)45(24)17-26(48)49/h6-10,12-14,16H,4-5,11,15,17H2,1-3H3,(H,37,53)(H,38,50)(H,39,47)(H,40,51)(H,48,49). The zero-order valence-electron chi connectivity index (χ0n) is 28.9. The summed E-state index contributed by atoms with van der Waals surface area (Å²) in [6.45, 7) is 4.35. The number of carboxylic acids is 1. The van der Waals surface area contributed by atoms with Crippen molar-refractivity contribution >= 4 is 40.6 Å². The summed E-state index contributed by atoms with van der Waals surface area (Å²) >= 11 is 0. The summed E-state index contributed by atoms with van der Waals surface area (Å²) in [5, 5.41) is 28.8. The number of aliphatic carboxylic acids is 1. The molecule has 54 heavy (non-hydrogen) atoms. The van der Waals surface area contributed by atoms with Crippen molar-refractivity contribution in [3.8, 4) is 11.4 Å². The lowest BCUT2D eigenvalue weighted by molar-refractivity contribution is -0.138. The Labute approximate surface area is 301 Å². The number of H-pyrrole nitrogens is 1. The summed E-state index contributed by atoms with van der Waals surface area (Å²) in [5.41, 5.74) is -4.22. The van der Waals surface area contributed by atoms with Crippen molar-refractivity contribution in [3.63, 3.8) is 0 Å². The molecule has 0 radical (unpaired) electrons. The van der Waals surface area contributed by atoms with E-state index in [4.69, 9.17) is 4.74 Å². The summed E-state index contributed by atoms with van der Waals surface area (Å²) in [5.74, 6) is -2.83. The maximum atomic E-state index is 14.1. The molecular weight excluding hydrogens is 721 g/mol. The summed E-state index contributed by atoms with van der Waals surface area (Å²) in [4.78, 5) is 75.7. The van der Waals surface area contributed by atoms with Crippen LogP contribution in [-0.2, 0) is 33.6 Å². The van der Waals surface area contributed by atoms with E-state index < -0.39 is 64.2 Å². The number of carbonyl (C=O) groups excluding carboxylic acids is 3. The molecule has 5 rings (SSSR count). The van der Waals surface area contributed by atoms with Crippen LogP contribution in [0.15, 0.2) is 64.4 Å². The molecule has 21 heteroatoms. The first-order valence-corrected chi connectivity index (χ1v) is 16.1. The number of anilines is 1. The Morgan fingerprint density at radius 2 is 1.72 bits per heavy atom. The number of carbonyl (C=O) groups is 4. The molecule has 0 unspecified atom stereocenters. The number of benzene rings is 2. The minimum atomic E-state index is -4.91. The van der Waals surface area contributed by atoms with Crippen LogP contribution in [0.1, 0.15) is 55.4 Å². The first kappa shape index (κ1) is 38.4. The average Bonchev–Trinajstić information content (AvgIpc) is 3.77. The number of fused-ring (bicyclic) bond motifs is 1. The first-order chi connectivity index (χ1) is 25.4. The molecule has 5 N–H and O–H groups in total. The van der Waals surface area contributed by atoms with Crippen LogP contribution in [0.2, 0.25) is 0 Å². The maximum Gasteiger partial charge on any atom is 0.418 e. The van der Waals surface area contributed by atoms with Crippen LogP contribution in [-0.4, -0.2) is 75.5 Å². The number of halogens is 3. The molecule has 3 aromatic heterocycles. The summed E-state index contributed by atoms with van der Waals surface area (Å²) in [7, 11) is 0. The smallest absolute Gasteiger partial charge is 0.418 e. The molecule has 0 fully saturated rings. The lowest BCUT2D eigenvalue weighted by atomic mass is 10.1. The van der Waals surface area contributed by atoms with Gasteiger partial charge in [-0.3, -0.25) is 28.5 Å². The molecule has 0 bridgehead atoms. The number of rotatable bonds is 12. The van der Waals surface area contributed by atoms with Crippen molar-refractivity contribution in [3.05, 3.63) is 92.5 Å². The number of aromatic nitrogens is 7. The number of amides is 3. The van der Waals surface area contributed by atoms with Gasteiger partial charge in [0.2, 0.25) is 5.91 Å². The van der Waals surface area contributed by atoms with E-state index in [0.717, 1.165) is 15.4 Å². The van der Waals surface area contributed by atoms with Crippen LogP contribution in [0.25, 0.3) is 22.4 Å². The van der Waals surface area contributed by atoms with Gasteiger partial charge in [0, 0.05) is 37.6 Å². The van der Waals surface area contributed by atoms with E-state index in [2.05, 4.69) is 36.3 Å². The van der Waals surface area contributed by atoms with Gasteiger partial charge in [-0.15, -0.1) is 15.0 Å². The third kappa shape index (κ3) is 9.54. The maximum absolute atomic E-state index is 14.1. The number of alkyl halides is 3. The largest absolute Gasteiger partial charge is 0.480 e. The van der Waals surface area contributed by atoms with Crippen LogP contribution < -0.4 is 27.1 Å². The van der Waals surface area contributed by atoms with Gasteiger partial charge in [0.25, 0.3) is 11.7 Å². The Balaban J connectivity index is 1.20. The molecule has 0 spiro atoms. The number of hydrogen-bond acceptors (Lipinski definition) is 10. The second-order valence-electron chi connectivity index (χ2n) is 12.8. The van der Waals surface area contributed by atoms with Gasteiger partial charge in [-0.25, -0.2) is 4.79 Å². The van der Waals surface area contributed by atoms with Crippen molar-refractivity contribution in [1.29, 1.82) is 0 Å². The molecule has 0 aliphatic heterocycles. The summed E-state index contributed by atoms with van der Waals surface area (Å²) < 4.78 is 49.2. The van der Waals surface area contributed by atoms with Gasteiger partial charge >= 0.3 is 29.4 Å². The minimum absolute atomic E-state index is 0.143. The second-order valence-corrected chi connectivity index (χ2v) is 12.8. The zero-order valence-corrected chi connectivity index (χ0v) is 28.9. The second kappa shape index (κ2) is 15.4. The van der Waals surface area contributed by atoms with E-state index in [-0.39, 0.29) is 36.8 Å². The normalized spacial score (nSPS) is 11.7. The topological polar surface area (TPSA) is 237 Å². The third-order valence-corrected chi connectivity index (χ3v) is 7.42. The molecule has 2 aromatic carbocycles. The van der Waals surface area contributed by atoms with Gasteiger partial charge in [0.05, 0.1) is 28.0 Å². The zero-order chi connectivity index (χ0) is 39.4. The van der Waals surface area contributed by atoms with E-state index in [9.17, 15) is 47.0 Å². The van der Waals surface area contributed by atoms with Crippen LogP contribution in [0.4, 0.5) is 23.7 Å². The fourth-order valence-corrected chi connectivity index (χ4v) is 5.07. The fraction of sp³-hybridized carbons (Fsp3) is 0.303. The molecule has 0 aliphatic carbocycles. The number of nitrogens with zero attached hydrogens (tertiary/aromatic N) is 6. The number of tetrazole rings is 1. The van der Waals surface area contributed by atoms with Crippen LogP contribution in [0, 0.1) is 0 Å². The van der Waals surface area contributed by atoms with E-state index in [1.54, 1.807) is 45.0 Å². The Morgan fingerprint density at radius 3 is 2.39 bits per heavy atom. The SMILES string of the molecule is CC(C)(C)OC(=O)NCCCC(=O)Nc1ccc(-n2nnc(C(=O)NCc3ccn(-c4cc5c(cc4C(F)(F)F)[nH]c(=O)c(=O)n5CC(=O)O)c3)n2)cc1. The number of alkyl carbamates (subject to hydrolysis) is 1. The highest BCUT2D eigenvalue weighted by atomic mass is 19.4. The molecule has 3 heterocycles. The van der Waals surface area contributed by atoms with Gasteiger partial charge in [0.15, 0.2) is 0 Å². The van der Waals surface area contributed by atoms with Crippen LogP contribution in [0.5, 0.6) is 0 Å².